The third-order valence-electron chi connectivity index (χ3n) is 1.01. The van der Waals surface area contributed by atoms with Crippen LogP contribution in [-0.4, -0.2) is 25.9 Å². The molecule has 0 saturated heterocycles. The van der Waals surface area contributed by atoms with E-state index in [0.29, 0.717) is 19.8 Å². The van der Waals surface area contributed by atoms with Crippen molar-refractivity contribution in [3.05, 3.63) is 14.2 Å². The van der Waals surface area contributed by atoms with E-state index >= 15 is 0 Å². The van der Waals surface area contributed by atoms with Crippen molar-refractivity contribution < 1.29 is 14.2 Å². The van der Waals surface area contributed by atoms with Gasteiger partial charge in [0.05, 0.1) is 6.10 Å². The molecule has 3 nitrogen and oxygen atoms in total. The van der Waals surface area contributed by atoms with Gasteiger partial charge >= 0.3 is 0 Å². The monoisotopic (exact) mass is 680 g/mol. The van der Waals surface area contributed by atoms with Crippen LogP contribution in [0.4, 0.5) is 0 Å². The smallest absolute Gasteiger partial charge is 0.0981 e. The van der Waals surface area contributed by atoms with Crippen molar-refractivity contribution in [2.24, 2.45) is 0 Å². The molecule has 0 heterocycles. The van der Waals surface area contributed by atoms with E-state index in [2.05, 4.69) is 23.7 Å². The van der Waals surface area contributed by atoms with Crippen LogP contribution in [0.2, 0.25) is 0 Å². The van der Waals surface area contributed by atoms with Crippen LogP contribution < -0.4 is 0 Å². The Hall–Kier alpha value is -2.12. The van der Waals surface area contributed by atoms with Crippen molar-refractivity contribution in [2.45, 2.75) is 13.0 Å². The van der Waals surface area contributed by atoms with Crippen LogP contribution in [0, 0.1) is 14.2 Å². The van der Waals surface area contributed by atoms with Gasteiger partial charge in [-0.3, -0.25) is 0 Å². The van der Waals surface area contributed by atoms with Gasteiger partial charge in [-0.05, 0) is 6.92 Å². The van der Waals surface area contributed by atoms with Gasteiger partial charge < -0.3 is 14.2 Å². The molecule has 0 amide bonds. The van der Waals surface area contributed by atoms with Gasteiger partial charge in [-0.25, -0.2) is 14.2 Å². The zero-order chi connectivity index (χ0) is 7.82. The number of ether oxygens (including phenoxy) is 3. The van der Waals surface area contributed by atoms with E-state index in [0.717, 1.165) is 0 Å². The first-order chi connectivity index (χ1) is 4.85. The Morgan fingerprint density at radius 3 is 1.75 bits per heavy atom. The van der Waals surface area contributed by atoms with Gasteiger partial charge in [0.15, 0.2) is 0 Å². The Labute approximate surface area is 62.3 Å². The Bertz CT molecular complexity index is 59.4. The zero-order valence-electron chi connectivity index (χ0n) is 7.75. The molecule has 0 aliphatic heterocycles. The van der Waals surface area contributed by atoms with E-state index < -0.39 is 0 Å². The van der Waals surface area contributed by atoms with Gasteiger partial charge in [-0.1, -0.05) is 0 Å². The Morgan fingerprint density at radius 1 is 1.08 bits per heavy atom. The molecule has 66 valence electrons. The first kappa shape index (κ1) is 16.5. The summed E-state index contributed by atoms with van der Waals surface area (Å²) in [7, 11) is 6.47. The van der Waals surface area contributed by atoms with Gasteiger partial charge in [-0.2, -0.15) is 0 Å². The average molecular weight is 680 g/mol. The van der Waals surface area contributed by atoms with Crippen LogP contribution in [0.15, 0.2) is 0 Å². The largest absolute Gasteiger partial charge is 0.553 e. The fourth-order valence-corrected chi connectivity index (χ4v) is 0.643. The van der Waals surface area contributed by atoms with Crippen molar-refractivity contribution in [2.75, 3.05) is 19.8 Å². The first-order valence-electron chi connectivity index (χ1n) is 3.20. The number of hydrogen-bond acceptors (Lipinski definition) is 3. The molecular weight excluding hydrogens is 666 g/mol. The van der Waals surface area contributed by atoms with E-state index in [-0.39, 0.29) is 6.10 Å². The van der Waals surface area contributed by atoms with E-state index in [9.17, 15) is 0 Å². The molecule has 0 saturated carbocycles. The van der Waals surface area contributed by atoms with E-state index in [4.69, 9.17) is 4.74 Å². The molecule has 0 bridgehead atoms. The Balaban J connectivity index is -0.000000405. The second-order valence-corrected chi connectivity index (χ2v) is 1.82. The molecule has 0 aliphatic rings. The van der Waals surface area contributed by atoms with Crippen molar-refractivity contribution in [1.82, 2.24) is 0 Å². The molecule has 12 heavy (non-hydrogen) atoms. The van der Waals surface area contributed by atoms with Gasteiger partial charge in [0.1, 0.15) is 0 Å². The molecule has 0 spiro atoms. The summed E-state index contributed by atoms with van der Waals surface area (Å²) in [5, 5.41) is 0. The van der Waals surface area contributed by atoms with E-state index in [1.807, 2.05) is 6.92 Å². The molecule has 0 rings (SSSR count). The molecule has 0 aliphatic carbocycles. The topological polar surface area (TPSA) is 27.7 Å². The fraction of sp³-hybridized carbons (Fsp3) is 0.714. The number of rotatable bonds is 6. The minimum atomic E-state index is -0.0417. The summed E-state index contributed by atoms with van der Waals surface area (Å²) in [6.45, 7) is 3.46. The molecule has 0 unspecified atom stereocenters. The van der Waals surface area contributed by atoms with Crippen LogP contribution in [0.5, 0.6) is 0 Å². The van der Waals surface area contributed by atoms with Gasteiger partial charge in [0.2, 0.25) is 0 Å². The summed E-state index contributed by atoms with van der Waals surface area (Å²) in [4.78, 5) is 0. The quantitative estimate of drug-likeness (QED) is 0.393. The van der Waals surface area contributed by atoms with Crippen molar-refractivity contribution in [3.8, 4) is 0 Å². The summed E-state index contributed by atoms with van der Waals surface area (Å²) in [5.74, 6) is 0. The standard InChI is InChI=1S/C7H14O3.2Rf/c1-4-10-7(5-8-2)6-9-3;;/h7H,2-6H2,1H3;;/q-2;;. The van der Waals surface area contributed by atoms with Crippen molar-refractivity contribution in [3.63, 3.8) is 0 Å². The molecule has 0 aromatic rings. The van der Waals surface area contributed by atoms with Gasteiger partial charge in [-0.15, -0.1) is 0 Å². The van der Waals surface area contributed by atoms with Crippen LogP contribution in [0.25, 0.3) is 0 Å². The van der Waals surface area contributed by atoms with Gasteiger partial charge in [0.25, 0.3) is 0 Å². The summed E-state index contributed by atoms with van der Waals surface area (Å²) >= 11 is 0. The number of hydrogen-bond donors (Lipinski definition) is 0. The molecule has 0 N–H and O–H groups in total. The van der Waals surface area contributed by atoms with Gasteiger partial charge in [0, 0.05) is 19.8 Å². The maximum absolute atomic E-state index is 5.19. The fourth-order valence-electron chi connectivity index (χ4n) is 0.643. The predicted molar refractivity (Wildman–Crippen MR) is 38.0 cm³/mol. The van der Waals surface area contributed by atoms with Crippen LogP contribution >= 0.6 is 0 Å². The minimum absolute atomic E-state index is 0. The predicted octanol–water partition coefficient (Wildman–Crippen LogP) is 1.01. The molecule has 0 radical (unpaired) electrons. The SMILES string of the molecule is [CH2-]OCC(CO[CH2-])OCC.[Rf].[Rf]. The van der Waals surface area contributed by atoms with E-state index in [1.165, 1.54) is 0 Å². The molecular formula is C7H14O3Rf2-2. The first-order valence-corrected chi connectivity index (χ1v) is 3.20. The summed E-state index contributed by atoms with van der Waals surface area (Å²) in [6, 6.07) is 0. The van der Waals surface area contributed by atoms with Crippen molar-refractivity contribution in [1.29, 1.82) is 0 Å². The Kier molecular flexibility index (Phi) is 16.0. The Morgan fingerprint density at radius 2 is 1.50 bits per heavy atom. The second kappa shape index (κ2) is 11.6. The van der Waals surface area contributed by atoms with E-state index in [1.54, 1.807) is 0 Å². The van der Waals surface area contributed by atoms with Crippen LogP contribution in [-0.2, 0) is 14.2 Å². The average Bonchev–Trinajstić information content (AvgIpc) is 1.90. The molecule has 0 aromatic heterocycles. The third kappa shape index (κ3) is 7.88. The summed E-state index contributed by atoms with van der Waals surface area (Å²) < 4.78 is 14.4. The van der Waals surface area contributed by atoms with Crippen LogP contribution in [0.1, 0.15) is 6.92 Å². The van der Waals surface area contributed by atoms with Crippen LogP contribution in [0.3, 0.4) is 0 Å². The van der Waals surface area contributed by atoms with Crippen molar-refractivity contribution >= 4 is 0 Å². The molecule has 0 fully saturated rings. The summed E-state index contributed by atoms with van der Waals surface area (Å²) in [5.41, 5.74) is 0. The normalized spacial score (nSPS) is 9.00. The molecule has 5 heteroatoms. The second-order valence-electron chi connectivity index (χ2n) is 1.82. The molecule has 0 atom stereocenters. The third-order valence-corrected chi connectivity index (χ3v) is 1.01. The zero-order valence-corrected chi connectivity index (χ0v) is 20.6. The molecule has 0 aromatic carbocycles. The maximum Gasteiger partial charge on any atom is 0.0981 e. The minimum Gasteiger partial charge on any atom is -0.553 e. The summed E-state index contributed by atoms with van der Waals surface area (Å²) in [6.07, 6.45) is -0.0417. The maximum atomic E-state index is 5.19.